The number of aromatic nitrogens is 4. The van der Waals surface area contributed by atoms with Crippen molar-refractivity contribution in [2.75, 3.05) is 45.3 Å². The third-order valence-electron chi connectivity index (χ3n) is 6.39. The lowest BCUT2D eigenvalue weighted by Gasteiger charge is -2.38. The van der Waals surface area contributed by atoms with Crippen molar-refractivity contribution in [2.24, 2.45) is 5.92 Å². The molecule has 0 radical (unpaired) electrons. The predicted octanol–water partition coefficient (Wildman–Crippen LogP) is 2.42. The van der Waals surface area contributed by atoms with E-state index in [4.69, 9.17) is 19.4 Å². The molecule has 3 heterocycles. The highest BCUT2D eigenvalue weighted by atomic mass is 16.5. The number of fused-ring (bicyclic) bond motifs is 1. The van der Waals surface area contributed by atoms with Gasteiger partial charge >= 0.3 is 0 Å². The van der Waals surface area contributed by atoms with Crippen LogP contribution in [0.1, 0.15) is 25.1 Å². The summed E-state index contributed by atoms with van der Waals surface area (Å²) in [7, 11) is 3.28. The molecule has 0 bridgehead atoms. The topological polar surface area (TPSA) is 85.6 Å². The molecule has 0 unspecified atom stereocenters. The molecular formula is C23H28N6O3. The van der Waals surface area contributed by atoms with Gasteiger partial charge in [0.15, 0.2) is 11.5 Å². The minimum absolute atomic E-state index is 0.239. The monoisotopic (exact) mass is 436 g/mol. The average Bonchev–Trinajstić information content (AvgIpc) is 3.22. The van der Waals surface area contributed by atoms with Crippen LogP contribution in [-0.2, 0) is 16.1 Å². The van der Waals surface area contributed by atoms with E-state index in [9.17, 15) is 4.79 Å². The van der Waals surface area contributed by atoms with E-state index in [-0.39, 0.29) is 5.92 Å². The van der Waals surface area contributed by atoms with Crippen LogP contribution in [0.15, 0.2) is 30.5 Å². The second-order valence-corrected chi connectivity index (χ2v) is 8.33. The lowest BCUT2D eigenvalue weighted by Crippen LogP contribution is -2.51. The largest absolute Gasteiger partial charge is 0.497 e. The van der Waals surface area contributed by atoms with Crippen LogP contribution in [0.5, 0.6) is 5.75 Å². The summed E-state index contributed by atoms with van der Waals surface area (Å²) in [5, 5.41) is 5.49. The van der Waals surface area contributed by atoms with Gasteiger partial charge in [-0.2, -0.15) is 5.10 Å². The van der Waals surface area contributed by atoms with E-state index >= 15 is 0 Å². The summed E-state index contributed by atoms with van der Waals surface area (Å²) in [4.78, 5) is 26.4. The molecule has 32 heavy (non-hydrogen) atoms. The second kappa shape index (κ2) is 8.74. The fourth-order valence-electron chi connectivity index (χ4n) is 4.34. The van der Waals surface area contributed by atoms with E-state index in [1.807, 2.05) is 40.0 Å². The van der Waals surface area contributed by atoms with Crippen molar-refractivity contribution in [3.63, 3.8) is 0 Å². The third kappa shape index (κ3) is 3.77. The Balaban J connectivity index is 1.44. The van der Waals surface area contributed by atoms with Crippen molar-refractivity contribution in [2.45, 2.75) is 25.9 Å². The van der Waals surface area contributed by atoms with E-state index in [0.29, 0.717) is 31.4 Å². The highest BCUT2D eigenvalue weighted by Gasteiger charge is 2.32. The van der Waals surface area contributed by atoms with Crippen LogP contribution in [0, 0.1) is 5.92 Å². The molecule has 2 fully saturated rings. The predicted molar refractivity (Wildman–Crippen MR) is 120 cm³/mol. The van der Waals surface area contributed by atoms with Crippen molar-refractivity contribution in [1.82, 2.24) is 24.6 Å². The zero-order valence-corrected chi connectivity index (χ0v) is 18.5. The van der Waals surface area contributed by atoms with Gasteiger partial charge in [0.1, 0.15) is 18.2 Å². The van der Waals surface area contributed by atoms with Gasteiger partial charge < -0.3 is 19.3 Å². The first-order valence-corrected chi connectivity index (χ1v) is 11.1. The van der Waals surface area contributed by atoms with E-state index < -0.39 is 0 Å². The van der Waals surface area contributed by atoms with Gasteiger partial charge in [-0.25, -0.2) is 14.6 Å². The molecule has 5 rings (SSSR count). The number of nitrogens with zero attached hydrogens (tertiary/aromatic N) is 6. The fraction of sp³-hybridized carbons (Fsp3) is 0.478. The number of hydrogen-bond donors (Lipinski definition) is 0. The molecular weight excluding hydrogens is 408 g/mol. The van der Waals surface area contributed by atoms with Crippen LogP contribution >= 0.6 is 0 Å². The van der Waals surface area contributed by atoms with Crippen LogP contribution < -0.4 is 9.64 Å². The van der Waals surface area contributed by atoms with Gasteiger partial charge in [0.2, 0.25) is 5.91 Å². The number of methoxy groups -OCH3 is 2. The molecule has 1 saturated carbocycles. The summed E-state index contributed by atoms with van der Waals surface area (Å²) < 4.78 is 12.4. The van der Waals surface area contributed by atoms with Crippen LogP contribution in [-0.4, -0.2) is 71.0 Å². The van der Waals surface area contributed by atoms with Gasteiger partial charge in [0.25, 0.3) is 0 Å². The minimum atomic E-state index is 0.239. The quantitative estimate of drug-likeness (QED) is 0.587. The van der Waals surface area contributed by atoms with Crippen molar-refractivity contribution < 1.29 is 14.3 Å². The highest BCUT2D eigenvalue weighted by molar-refractivity contribution is 5.88. The molecule has 0 N–H and O–H groups in total. The van der Waals surface area contributed by atoms with Gasteiger partial charge in [0.05, 0.1) is 24.4 Å². The van der Waals surface area contributed by atoms with Gasteiger partial charge in [-0.3, -0.25) is 4.79 Å². The standard InChI is InChI=1S/C23H28N6O3/c1-31-15-20-25-21(27-10-12-28(13-11-27)23(30)16-4-3-5-16)19-14-24-29(22(19)26-20)17-6-8-18(32-2)9-7-17/h6-9,14,16H,3-5,10-13,15H2,1-2H3. The Kier molecular flexibility index (Phi) is 5.65. The molecule has 9 nitrogen and oxygen atoms in total. The lowest BCUT2D eigenvalue weighted by molar-refractivity contribution is -0.138. The number of anilines is 1. The first-order chi connectivity index (χ1) is 15.7. The van der Waals surface area contributed by atoms with Crippen LogP contribution in [0.25, 0.3) is 16.7 Å². The number of ether oxygens (including phenoxy) is 2. The van der Waals surface area contributed by atoms with Crippen molar-refractivity contribution in [3.05, 3.63) is 36.3 Å². The fourth-order valence-corrected chi connectivity index (χ4v) is 4.34. The number of rotatable bonds is 6. The Labute approximate surface area is 186 Å². The molecule has 168 valence electrons. The van der Waals surface area contributed by atoms with Crippen LogP contribution in [0.2, 0.25) is 0 Å². The highest BCUT2D eigenvalue weighted by Crippen LogP contribution is 2.30. The van der Waals surface area contributed by atoms with E-state index in [1.165, 1.54) is 6.42 Å². The first-order valence-electron chi connectivity index (χ1n) is 11.1. The van der Waals surface area contributed by atoms with Gasteiger partial charge in [-0.15, -0.1) is 0 Å². The molecule has 0 atom stereocenters. The summed E-state index contributed by atoms with van der Waals surface area (Å²) in [6.45, 7) is 3.23. The van der Waals surface area contributed by atoms with Crippen molar-refractivity contribution >= 4 is 22.8 Å². The number of benzene rings is 1. The normalized spacial score (nSPS) is 16.9. The van der Waals surface area contributed by atoms with Crippen molar-refractivity contribution in [1.29, 1.82) is 0 Å². The maximum atomic E-state index is 12.6. The molecule has 9 heteroatoms. The number of piperazine rings is 1. The van der Waals surface area contributed by atoms with Gasteiger partial charge in [-0.1, -0.05) is 6.42 Å². The van der Waals surface area contributed by atoms with Crippen molar-refractivity contribution in [3.8, 4) is 11.4 Å². The molecule has 2 aromatic heterocycles. The van der Waals surface area contributed by atoms with Crippen LogP contribution in [0.4, 0.5) is 5.82 Å². The smallest absolute Gasteiger partial charge is 0.225 e. The summed E-state index contributed by atoms with van der Waals surface area (Å²) in [6.07, 6.45) is 5.07. The molecule has 1 amide bonds. The maximum absolute atomic E-state index is 12.6. The minimum Gasteiger partial charge on any atom is -0.497 e. The molecule has 3 aromatic rings. The molecule has 1 aliphatic carbocycles. The Morgan fingerprint density at radius 1 is 1.06 bits per heavy atom. The SMILES string of the molecule is COCc1nc(N2CCN(C(=O)C3CCC3)CC2)c2cnn(-c3ccc(OC)cc3)c2n1. The Bertz CT molecular complexity index is 1100. The van der Waals surface area contributed by atoms with Crippen LogP contribution in [0.3, 0.4) is 0 Å². The zero-order valence-electron chi connectivity index (χ0n) is 18.5. The first kappa shape index (κ1) is 20.7. The summed E-state index contributed by atoms with van der Waals surface area (Å²) in [5.41, 5.74) is 1.63. The van der Waals surface area contributed by atoms with Gasteiger partial charge in [-0.05, 0) is 37.1 Å². The number of hydrogen-bond acceptors (Lipinski definition) is 7. The summed E-state index contributed by atoms with van der Waals surface area (Å²) in [5.74, 6) is 2.80. The van der Waals surface area contributed by atoms with E-state index in [0.717, 1.165) is 54.2 Å². The van der Waals surface area contributed by atoms with E-state index in [2.05, 4.69) is 10.00 Å². The molecule has 1 aliphatic heterocycles. The number of amides is 1. The lowest BCUT2D eigenvalue weighted by atomic mass is 9.84. The Morgan fingerprint density at radius 3 is 2.44 bits per heavy atom. The number of carbonyl (C=O) groups excluding carboxylic acids is 1. The molecule has 2 aliphatic rings. The molecule has 1 saturated heterocycles. The number of carbonyl (C=O) groups is 1. The second-order valence-electron chi connectivity index (χ2n) is 8.33. The van der Waals surface area contributed by atoms with Gasteiger partial charge in [0, 0.05) is 39.2 Å². The Hall–Kier alpha value is -3.20. The summed E-state index contributed by atoms with van der Waals surface area (Å²) >= 11 is 0. The Morgan fingerprint density at radius 2 is 1.81 bits per heavy atom. The summed E-state index contributed by atoms with van der Waals surface area (Å²) in [6, 6.07) is 7.71. The average molecular weight is 437 g/mol. The zero-order chi connectivity index (χ0) is 22.1. The third-order valence-corrected chi connectivity index (χ3v) is 6.39. The van der Waals surface area contributed by atoms with E-state index in [1.54, 1.807) is 14.2 Å². The maximum Gasteiger partial charge on any atom is 0.225 e. The molecule has 1 aromatic carbocycles. The molecule has 0 spiro atoms.